The molecule has 0 amide bonds. The molecule has 0 aliphatic carbocycles. The molecule has 5 atom stereocenters. The lowest BCUT2D eigenvalue weighted by Gasteiger charge is -2.46. The molecular formula is C25H46O8SSi. The first-order valence-electron chi connectivity index (χ1n) is 12.1. The SMILES string of the molecule is C=CCO[C@H]1[C@@H](OC(=O)OC(C)(C)C)[C@@H](CO[Si](C)(C)C(C)(C)C)O[C@@H](SC(C)C)[C@@H]1OC(C)=O. The van der Waals surface area contributed by atoms with Crippen LogP contribution in [0.4, 0.5) is 4.79 Å². The Kier molecular flexibility index (Phi) is 11.8. The predicted octanol–water partition coefficient (Wildman–Crippen LogP) is 5.70. The van der Waals surface area contributed by atoms with Crippen LogP contribution in [0.25, 0.3) is 0 Å². The third kappa shape index (κ3) is 10.4. The van der Waals surface area contributed by atoms with Crippen molar-refractivity contribution in [2.75, 3.05) is 13.2 Å². The van der Waals surface area contributed by atoms with Crippen molar-refractivity contribution in [1.29, 1.82) is 0 Å². The van der Waals surface area contributed by atoms with Gasteiger partial charge in [-0.05, 0) is 38.9 Å². The van der Waals surface area contributed by atoms with E-state index in [4.69, 9.17) is 28.1 Å². The van der Waals surface area contributed by atoms with Gasteiger partial charge in [-0.25, -0.2) is 4.79 Å². The summed E-state index contributed by atoms with van der Waals surface area (Å²) >= 11 is 1.52. The second-order valence-electron chi connectivity index (χ2n) is 11.5. The monoisotopic (exact) mass is 534 g/mol. The largest absolute Gasteiger partial charge is 0.509 e. The Bertz CT molecular complexity index is 713. The fourth-order valence-corrected chi connectivity index (χ4v) is 5.23. The van der Waals surface area contributed by atoms with Gasteiger partial charge in [-0.15, -0.1) is 18.3 Å². The van der Waals surface area contributed by atoms with Crippen molar-refractivity contribution in [3.05, 3.63) is 12.7 Å². The van der Waals surface area contributed by atoms with Gasteiger partial charge in [0, 0.05) is 12.2 Å². The molecule has 204 valence electrons. The number of carbonyl (C=O) groups excluding carboxylic acids is 2. The van der Waals surface area contributed by atoms with Crippen molar-refractivity contribution in [3.63, 3.8) is 0 Å². The van der Waals surface area contributed by atoms with Crippen molar-refractivity contribution in [3.8, 4) is 0 Å². The van der Waals surface area contributed by atoms with E-state index in [1.807, 2.05) is 13.8 Å². The first kappa shape index (κ1) is 32.0. The number of esters is 1. The first-order valence-corrected chi connectivity index (χ1v) is 16.0. The lowest BCUT2D eigenvalue weighted by Crippen LogP contribution is -2.62. The van der Waals surface area contributed by atoms with Gasteiger partial charge in [0.1, 0.15) is 23.2 Å². The Labute approximate surface area is 216 Å². The molecule has 1 aliphatic rings. The molecular weight excluding hydrogens is 488 g/mol. The summed E-state index contributed by atoms with van der Waals surface area (Å²) < 4.78 is 35.8. The topological polar surface area (TPSA) is 89.5 Å². The van der Waals surface area contributed by atoms with Crippen molar-refractivity contribution in [2.45, 2.75) is 121 Å². The molecule has 0 bridgehead atoms. The summed E-state index contributed by atoms with van der Waals surface area (Å²) in [5, 5.41) is 0.164. The van der Waals surface area contributed by atoms with Crippen LogP contribution in [0.3, 0.4) is 0 Å². The molecule has 0 aromatic carbocycles. The van der Waals surface area contributed by atoms with Crippen LogP contribution in [-0.4, -0.2) is 74.4 Å². The molecule has 0 unspecified atom stereocenters. The van der Waals surface area contributed by atoms with Gasteiger partial charge >= 0.3 is 12.1 Å². The van der Waals surface area contributed by atoms with E-state index < -0.39 is 55.9 Å². The molecule has 0 saturated carbocycles. The quantitative estimate of drug-likeness (QED) is 0.199. The molecule has 1 heterocycles. The molecule has 0 aromatic rings. The molecule has 8 nitrogen and oxygen atoms in total. The Balaban J connectivity index is 3.40. The zero-order valence-electron chi connectivity index (χ0n) is 23.3. The third-order valence-electron chi connectivity index (χ3n) is 5.74. The number of hydrogen-bond acceptors (Lipinski definition) is 9. The summed E-state index contributed by atoms with van der Waals surface area (Å²) in [4.78, 5) is 24.7. The van der Waals surface area contributed by atoms with Gasteiger partial charge in [0.2, 0.25) is 0 Å². The Hall–Kier alpha value is -1.07. The van der Waals surface area contributed by atoms with Gasteiger partial charge in [-0.2, -0.15) is 0 Å². The van der Waals surface area contributed by atoms with Gasteiger partial charge < -0.3 is 28.1 Å². The number of rotatable bonds is 10. The van der Waals surface area contributed by atoms with Crippen LogP contribution in [0.15, 0.2) is 12.7 Å². The fourth-order valence-electron chi connectivity index (χ4n) is 3.11. The average Bonchev–Trinajstić information content (AvgIpc) is 2.65. The highest BCUT2D eigenvalue weighted by molar-refractivity contribution is 8.00. The highest BCUT2D eigenvalue weighted by Gasteiger charge is 2.52. The maximum atomic E-state index is 12.7. The number of ether oxygens (including phenoxy) is 5. The van der Waals surface area contributed by atoms with Crippen LogP contribution in [-0.2, 0) is 32.9 Å². The highest BCUT2D eigenvalue weighted by Crippen LogP contribution is 2.39. The summed E-state index contributed by atoms with van der Waals surface area (Å²) in [5.41, 5.74) is -1.29. The average molecular weight is 535 g/mol. The minimum Gasteiger partial charge on any atom is -0.456 e. The van der Waals surface area contributed by atoms with Crippen LogP contribution in [0.5, 0.6) is 0 Å². The summed E-state index contributed by atoms with van der Waals surface area (Å²) in [6, 6.07) is 0. The predicted molar refractivity (Wildman–Crippen MR) is 141 cm³/mol. The van der Waals surface area contributed by atoms with Crippen LogP contribution in [0.1, 0.15) is 62.3 Å². The molecule has 10 heteroatoms. The maximum absolute atomic E-state index is 12.7. The molecule has 1 fully saturated rings. The Morgan fingerprint density at radius 3 is 2.11 bits per heavy atom. The number of thioether (sulfide) groups is 1. The van der Waals surface area contributed by atoms with E-state index in [9.17, 15) is 9.59 Å². The van der Waals surface area contributed by atoms with Crippen LogP contribution in [0, 0.1) is 0 Å². The second-order valence-corrected chi connectivity index (χ2v) is 18.0. The molecule has 0 spiro atoms. The Morgan fingerprint density at radius 1 is 1.06 bits per heavy atom. The summed E-state index contributed by atoms with van der Waals surface area (Å²) in [5.74, 6) is -0.479. The lowest BCUT2D eigenvalue weighted by molar-refractivity contribution is -0.231. The van der Waals surface area contributed by atoms with E-state index in [1.54, 1.807) is 26.8 Å². The van der Waals surface area contributed by atoms with Gasteiger partial charge in [0.25, 0.3) is 0 Å². The molecule has 0 N–H and O–H groups in total. The summed E-state index contributed by atoms with van der Waals surface area (Å²) in [6.45, 7) is 25.5. The standard InChI is InChI=1S/C25H46O8SSi/c1-13-14-28-20-19(32-23(27)33-24(5,6)7)18(15-29-35(11,12)25(8,9)10)31-22(34-16(2)3)21(20)30-17(4)26/h13,16,18-22H,1,14-15H2,2-12H3/t18-,19+,20+,21-,22+/m1/s1. The third-order valence-corrected chi connectivity index (χ3v) is 11.4. The van der Waals surface area contributed by atoms with Gasteiger partial charge in [0.05, 0.1) is 13.2 Å². The van der Waals surface area contributed by atoms with Crippen molar-refractivity contribution in [1.82, 2.24) is 0 Å². The van der Waals surface area contributed by atoms with E-state index in [1.165, 1.54) is 18.7 Å². The molecule has 0 radical (unpaired) electrons. The van der Waals surface area contributed by atoms with E-state index in [2.05, 4.69) is 40.4 Å². The maximum Gasteiger partial charge on any atom is 0.509 e. The first-order chi connectivity index (χ1) is 15.9. The van der Waals surface area contributed by atoms with Crippen LogP contribution < -0.4 is 0 Å². The van der Waals surface area contributed by atoms with Gasteiger partial charge in [-0.1, -0.05) is 40.7 Å². The van der Waals surface area contributed by atoms with Crippen molar-refractivity contribution >= 4 is 32.2 Å². The second kappa shape index (κ2) is 12.9. The van der Waals surface area contributed by atoms with Gasteiger partial charge in [-0.3, -0.25) is 4.79 Å². The number of carbonyl (C=O) groups is 2. The smallest absolute Gasteiger partial charge is 0.456 e. The van der Waals surface area contributed by atoms with Crippen molar-refractivity contribution < 1.29 is 37.7 Å². The minimum absolute atomic E-state index is 0.0196. The zero-order valence-corrected chi connectivity index (χ0v) is 25.2. The lowest BCUT2D eigenvalue weighted by atomic mass is 9.99. The molecule has 0 aromatic heterocycles. The highest BCUT2D eigenvalue weighted by atomic mass is 32.2. The Morgan fingerprint density at radius 2 is 1.66 bits per heavy atom. The van der Waals surface area contributed by atoms with E-state index in [-0.39, 0.29) is 23.5 Å². The van der Waals surface area contributed by atoms with Crippen molar-refractivity contribution in [2.24, 2.45) is 0 Å². The van der Waals surface area contributed by atoms with Crippen LogP contribution in [0.2, 0.25) is 18.1 Å². The van der Waals surface area contributed by atoms with E-state index >= 15 is 0 Å². The van der Waals surface area contributed by atoms with E-state index in [0.717, 1.165) is 0 Å². The van der Waals surface area contributed by atoms with Crippen LogP contribution >= 0.6 is 11.8 Å². The summed E-state index contributed by atoms with van der Waals surface area (Å²) in [7, 11) is -2.14. The zero-order chi connectivity index (χ0) is 27.2. The number of hydrogen-bond donors (Lipinski definition) is 0. The molecule has 1 aliphatic heterocycles. The molecule has 1 saturated heterocycles. The van der Waals surface area contributed by atoms with E-state index in [0.29, 0.717) is 0 Å². The summed E-state index contributed by atoms with van der Waals surface area (Å²) in [6.07, 6.45) is -2.46. The molecule has 35 heavy (non-hydrogen) atoms. The normalized spacial score (nSPS) is 25.8. The van der Waals surface area contributed by atoms with Gasteiger partial charge in [0.15, 0.2) is 20.5 Å². The minimum atomic E-state index is -2.14. The fraction of sp³-hybridized carbons (Fsp3) is 0.840. The molecule has 1 rings (SSSR count).